The Morgan fingerprint density at radius 3 is 3.00 bits per heavy atom. The predicted octanol–water partition coefficient (Wildman–Crippen LogP) is 2.14. The van der Waals surface area contributed by atoms with Gasteiger partial charge in [-0.1, -0.05) is 12.1 Å². The summed E-state index contributed by atoms with van der Waals surface area (Å²) in [6, 6.07) is 7.63. The Morgan fingerprint density at radius 1 is 1.50 bits per heavy atom. The van der Waals surface area contributed by atoms with E-state index in [9.17, 15) is 9.90 Å². The zero-order chi connectivity index (χ0) is 14.5. The minimum Gasteiger partial charge on any atom is -0.481 e. The number of carbonyl (C=O) groups is 1. The van der Waals surface area contributed by atoms with Crippen LogP contribution in [0, 0.1) is 6.92 Å². The SMILES string of the molecule is Cc1cccc(OC(C)C(=O)N2CCCCC2CO)c1. The van der Waals surface area contributed by atoms with E-state index in [1.807, 2.05) is 31.2 Å². The summed E-state index contributed by atoms with van der Waals surface area (Å²) in [5.74, 6) is 0.675. The van der Waals surface area contributed by atoms with Gasteiger partial charge in [0.2, 0.25) is 0 Å². The van der Waals surface area contributed by atoms with E-state index in [0.717, 1.165) is 24.8 Å². The Kier molecular flexibility index (Phi) is 5.01. The molecule has 1 fully saturated rings. The third kappa shape index (κ3) is 3.51. The number of hydrogen-bond donors (Lipinski definition) is 1. The number of carbonyl (C=O) groups excluding carboxylic acids is 1. The molecule has 0 bridgehead atoms. The van der Waals surface area contributed by atoms with Crippen molar-refractivity contribution in [3.8, 4) is 5.75 Å². The standard InChI is InChI=1S/C16H23NO3/c1-12-6-5-8-15(10-12)20-13(2)16(19)17-9-4-3-7-14(17)11-18/h5-6,8,10,13-14,18H,3-4,7,9,11H2,1-2H3. The molecule has 4 nitrogen and oxygen atoms in total. The highest BCUT2D eigenvalue weighted by molar-refractivity contribution is 5.81. The molecule has 2 unspecified atom stereocenters. The molecule has 0 saturated carbocycles. The molecule has 1 aromatic carbocycles. The average molecular weight is 277 g/mol. The first-order chi connectivity index (χ1) is 9.61. The second kappa shape index (κ2) is 6.75. The molecule has 0 aromatic heterocycles. The monoisotopic (exact) mass is 277 g/mol. The van der Waals surface area contributed by atoms with Gasteiger partial charge in [0.1, 0.15) is 5.75 Å². The van der Waals surface area contributed by atoms with Gasteiger partial charge in [0.25, 0.3) is 5.91 Å². The summed E-state index contributed by atoms with van der Waals surface area (Å²) in [4.78, 5) is 14.2. The average Bonchev–Trinajstić information content (AvgIpc) is 2.46. The van der Waals surface area contributed by atoms with Crippen molar-refractivity contribution < 1.29 is 14.6 Å². The lowest BCUT2D eigenvalue weighted by Crippen LogP contribution is -2.50. The molecule has 110 valence electrons. The van der Waals surface area contributed by atoms with Gasteiger partial charge in [-0.05, 0) is 50.8 Å². The normalized spacial score (nSPS) is 20.6. The molecular formula is C16H23NO3. The lowest BCUT2D eigenvalue weighted by atomic mass is 10.0. The fraction of sp³-hybridized carbons (Fsp3) is 0.562. The van der Waals surface area contributed by atoms with Crippen molar-refractivity contribution in [1.82, 2.24) is 4.90 Å². The van der Waals surface area contributed by atoms with Crippen LogP contribution in [0.5, 0.6) is 5.75 Å². The number of nitrogens with zero attached hydrogens (tertiary/aromatic N) is 1. The summed E-state index contributed by atoms with van der Waals surface area (Å²) in [6.07, 6.45) is 2.42. The van der Waals surface area contributed by atoms with Crippen molar-refractivity contribution in [2.24, 2.45) is 0 Å². The Hall–Kier alpha value is -1.55. The van der Waals surface area contributed by atoms with E-state index in [1.165, 1.54) is 0 Å². The van der Waals surface area contributed by atoms with Crippen LogP contribution in [0.2, 0.25) is 0 Å². The van der Waals surface area contributed by atoms with E-state index in [-0.39, 0.29) is 18.6 Å². The highest BCUT2D eigenvalue weighted by Crippen LogP contribution is 2.20. The molecule has 1 N–H and O–H groups in total. The highest BCUT2D eigenvalue weighted by Gasteiger charge is 2.30. The number of aliphatic hydroxyl groups is 1. The first-order valence-corrected chi connectivity index (χ1v) is 7.26. The third-order valence-corrected chi connectivity index (χ3v) is 3.77. The fourth-order valence-corrected chi connectivity index (χ4v) is 2.66. The van der Waals surface area contributed by atoms with Gasteiger partial charge >= 0.3 is 0 Å². The number of benzene rings is 1. The molecule has 0 spiro atoms. The van der Waals surface area contributed by atoms with Gasteiger partial charge < -0.3 is 14.7 Å². The predicted molar refractivity (Wildman–Crippen MR) is 77.7 cm³/mol. The molecule has 0 aliphatic carbocycles. The third-order valence-electron chi connectivity index (χ3n) is 3.77. The maximum absolute atomic E-state index is 12.4. The van der Waals surface area contributed by atoms with E-state index < -0.39 is 6.10 Å². The Morgan fingerprint density at radius 2 is 2.30 bits per heavy atom. The zero-order valence-corrected chi connectivity index (χ0v) is 12.2. The van der Waals surface area contributed by atoms with Crippen molar-refractivity contribution in [1.29, 1.82) is 0 Å². The zero-order valence-electron chi connectivity index (χ0n) is 12.2. The smallest absolute Gasteiger partial charge is 0.263 e. The molecule has 4 heteroatoms. The number of ether oxygens (including phenoxy) is 1. The molecule has 1 heterocycles. The minimum absolute atomic E-state index is 0.0307. The molecule has 1 aliphatic rings. The van der Waals surface area contributed by atoms with Gasteiger partial charge in [-0.3, -0.25) is 4.79 Å². The van der Waals surface area contributed by atoms with Crippen LogP contribution < -0.4 is 4.74 Å². The van der Waals surface area contributed by atoms with E-state index in [2.05, 4.69) is 0 Å². The number of aryl methyl sites for hydroxylation is 1. The van der Waals surface area contributed by atoms with Crippen LogP contribution in [-0.4, -0.2) is 41.2 Å². The van der Waals surface area contributed by atoms with Crippen molar-refractivity contribution in [3.63, 3.8) is 0 Å². The lowest BCUT2D eigenvalue weighted by molar-refractivity contribution is -0.142. The summed E-state index contributed by atoms with van der Waals surface area (Å²) >= 11 is 0. The largest absolute Gasteiger partial charge is 0.481 e. The summed E-state index contributed by atoms with van der Waals surface area (Å²) in [6.45, 7) is 4.51. The molecule has 1 amide bonds. The van der Waals surface area contributed by atoms with E-state index in [1.54, 1.807) is 11.8 Å². The van der Waals surface area contributed by atoms with Crippen LogP contribution in [0.25, 0.3) is 0 Å². The van der Waals surface area contributed by atoms with Crippen LogP contribution in [-0.2, 0) is 4.79 Å². The van der Waals surface area contributed by atoms with Crippen molar-refractivity contribution >= 4 is 5.91 Å². The van der Waals surface area contributed by atoms with Crippen molar-refractivity contribution in [2.45, 2.75) is 45.3 Å². The van der Waals surface area contributed by atoms with Crippen LogP contribution in [0.4, 0.5) is 0 Å². The Balaban J connectivity index is 2.00. The van der Waals surface area contributed by atoms with E-state index >= 15 is 0 Å². The lowest BCUT2D eigenvalue weighted by Gasteiger charge is -2.36. The van der Waals surface area contributed by atoms with Crippen molar-refractivity contribution in [2.75, 3.05) is 13.2 Å². The molecule has 1 aliphatic heterocycles. The van der Waals surface area contributed by atoms with E-state index in [4.69, 9.17) is 4.74 Å². The number of piperidine rings is 1. The van der Waals surface area contributed by atoms with Gasteiger partial charge in [-0.15, -0.1) is 0 Å². The molecule has 2 rings (SSSR count). The first kappa shape index (κ1) is 14.9. The molecule has 2 atom stereocenters. The number of hydrogen-bond acceptors (Lipinski definition) is 3. The summed E-state index contributed by atoms with van der Waals surface area (Å²) in [7, 11) is 0. The quantitative estimate of drug-likeness (QED) is 0.917. The van der Waals surface area contributed by atoms with Crippen LogP contribution in [0.3, 0.4) is 0 Å². The molecular weight excluding hydrogens is 254 g/mol. The number of aliphatic hydroxyl groups excluding tert-OH is 1. The van der Waals surface area contributed by atoms with E-state index in [0.29, 0.717) is 12.3 Å². The summed E-state index contributed by atoms with van der Waals surface area (Å²) in [5, 5.41) is 9.38. The summed E-state index contributed by atoms with van der Waals surface area (Å²) in [5.41, 5.74) is 1.10. The first-order valence-electron chi connectivity index (χ1n) is 7.26. The van der Waals surface area contributed by atoms with Crippen LogP contribution in [0.15, 0.2) is 24.3 Å². The van der Waals surface area contributed by atoms with Crippen LogP contribution in [0.1, 0.15) is 31.7 Å². The maximum atomic E-state index is 12.4. The second-order valence-corrected chi connectivity index (χ2v) is 5.44. The Bertz CT molecular complexity index is 461. The summed E-state index contributed by atoms with van der Waals surface area (Å²) < 4.78 is 5.73. The van der Waals surface area contributed by atoms with Gasteiger partial charge in [0, 0.05) is 6.54 Å². The number of rotatable bonds is 4. The highest BCUT2D eigenvalue weighted by atomic mass is 16.5. The molecule has 1 aromatic rings. The number of likely N-dealkylation sites (tertiary alicyclic amines) is 1. The number of amides is 1. The van der Waals surface area contributed by atoms with Crippen LogP contribution >= 0.6 is 0 Å². The molecule has 1 saturated heterocycles. The van der Waals surface area contributed by atoms with Gasteiger partial charge in [0.15, 0.2) is 6.10 Å². The fourth-order valence-electron chi connectivity index (χ4n) is 2.66. The Labute approximate surface area is 120 Å². The van der Waals surface area contributed by atoms with Crippen molar-refractivity contribution in [3.05, 3.63) is 29.8 Å². The minimum atomic E-state index is -0.524. The second-order valence-electron chi connectivity index (χ2n) is 5.44. The van der Waals surface area contributed by atoms with Gasteiger partial charge in [0.05, 0.1) is 12.6 Å². The maximum Gasteiger partial charge on any atom is 0.263 e. The molecule has 20 heavy (non-hydrogen) atoms. The molecule has 0 radical (unpaired) electrons. The topological polar surface area (TPSA) is 49.8 Å². The van der Waals surface area contributed by atoms with Gasteiger partial charge in [-0.2, -0.15) is 0 Å². The van der Waals surface area contributed by atoms with Gasteiger partial charge in [-0.25, -0.2) is 0 Å².